The van der Waals surface area contributed by atoms with Gasteiger partial charge in [-0.15, -0.1) is 11.8 Å². The fourth-order valence-electron chi connectivity index (χ4n) is 2.25. The number of nitrogens with zero attached hydrogens (tertiary/aromatic N) is 1. The quantitative estimate of drug-likeness (QED) is 0.827. The SMILES string of the molecule is CC(C)(CN1CCNCC1)Sc1ccccc1. The summed E-state index contributed by atoms with van der Waals surface area (Å²) < 4.78 is 0.276. The summed E-state index contributed by atoms with van der Waals surface area (Å²) in [5, 5.41) is 3.40. The maximum atomic E-state index is 3.40. The van der Waals surface area contributed by atoms with Crippen LogP contribution in [0.1, 0.15) is 13.8 Å². The van der Waals surface area contributed by atoms with Gasteiger partial charge in [-0.25, -0.2) is 0 Å². The van der Waals surface area contributed by atoms with Gasteiger partial charge in [-0.1, -0.05) is 18.2 Å². The van der Waals surface area contributed by atoms with Gasteiger partial charge in [-0.2, -0.15) is 0 Å². The lowest BCUT2D eigenvalue weighted by molar-refractivity contribution is 0.226. The number of thioether (sulfide) groups is 1. The molecular weight excluding hydrogens is 228 g/mol. The third-order valence-corrected chi connectivity index (χ3v) is 4.14. The Labute approximate surface area is 109 Å². The molecule has 1 saturated heterocycles. The number of piperazine rings is 1. The van der Waals surface area contributed by atoms with E-state index >= 15 is 0 Å². The topological polar surface area (TPSA) is 15.3 Å². The van der Waals surface area contributed by atoms with E-state index in [0.717, 1.165) is 19.6 Å². The monoisotopic (exact) mass is 250 g/mol. The third kappa shape index (κ3) is 4.34. The van der Waals surface area contributed by atoms with Crippen LogP contribution in [-0.4, -0.2) is 42.4 Å². The highest BCUT2D eigenvalue weighted by Gasteiger charge is 2.23. The molecule has 0 amide bonds. The molecule has 0 saturated carbocycles. The van der Waals surface area contributed by atoms with Gasteiger partial charge in [-0.05, 0) is 26.0 Å². The first-order chi connectivity index (χ1) is 8.16. The van der Waals surface area contributed by atoms with Crippen molar-refractivity contribution in [3.05, 3.63) is 30.3 Å². The summed E-state index contributed by atoms with van der Waals surface area (Å²) in [6.45, 7) is 10.5. The van der Waals surface area contributed by atoms with Crippen LogP contribution in [-0.2, 0) is 0 Å². The van der Waals surface area contributed by atoms with Gasteiger partial charge in [0.05, 0.1) is 0 Å². The van der Waals surface area contributed by atoms with Gasteiger partial charge in [0.2, 0.25) is 0 Å². The standard InChI is InChI=1S/C14H22N2S/c1-14(2,12-16-10-8-15-9-11-16)17-13-6-4-3-5-7-13/h3-7,15H,8-12H2,1-2H3. The van der Waals surface area contributed by atoms with E-state index in [4.69, 9.17) is 0 Å². The number of rotatable bonds is 4. The lowest BCUT2D eigenvalue weighted by Gasteiger charge is -2.34. The molecule has 0 radical (unpaired) electrons. The smallest absolute Gasteiger partial charge is 0.0277 e. The van der Waals surface area contributed by atoms with Crippen molar-refractivity contribution in [3.63, 3.8) is 0 Å². The van der Waals surface area contributed by atoms with E-state index in [9.17, 15) is 0 Å². The average molecular weight is 250 g/mol. The summed E-state index contributed by atoms with van der Waals surface area (Å²) in [5.41, 5.74) is 0. The lowest BCUT2D eigenvalue weighted by atomic mass is 10.2. The molecule has 1 aromatic rings. The highest BCUT2D eigenvalue weighted by Crippen LogP contribution is 2.32. The Morgan fingerprint density at radius 2 is 1.82 bits per heavy atom. The molecule has 0 aromatic heterocycles. The summed E-state index contributed by atoms with van der Waals surface area (Å²) in [7, 11) is 0. The molecule has 2 nitrogen and oxygen atoms in total. The minimum absolute atomic E-state index is 0.276. The van der Waals surface area contributed by atoms with Crippen LogP contribution in [0.5, 0.6) is 0 Å². The Bertz CT molecular complexity index is 331. The molecule has 1 heterocycles. The summed E-state index contributed by atoms with van der Waals surface area (Å²) in [5.74, 6) is 0. The zero-order valence-electron chi connectivity index (χ0n) is 10.8. The van der Waals surface area contributed by atoms with Crippen molar-refractivity contribution in [1.82, 2.24) is 10.2 Å². The maximum Gasteiger partial charge on any atom is 0.0277 e. The zero-order chi connectivity index (χ0) is 12.1. The van der Waals surface area contributed by atoms with E-state index in [1.807, 2.05) is 11.8 Å². The molecule has 1 N–H and O–H groups in total. The van der Waals surface area contributed by atoms with Crippen LogP contribution < -0.4 is 5.32 Å². The van der Waals surface area contributed by atoms with Crippen LogP contribution >= 0.6 is 11.8 Å². The van der Waals surface area contributed by atoms with Crippen molar-refractivity contribution >= 4 is 11.8 Å². The molecule has 0 aliphatic carbocycles. The van der Waals surface area contributed by atoms with E-state index in [2.05, 4.69) is 54.4 Å². The van der Waals surface area contributed by atoms with E-state index in [1.54, 1.807) is 0 Å². The molecule has 1 aliphatic heterocycles. The van der Waals surface area contributed by atoms with Crippen LogP contribution in [0.4, 0.5) is 0 Å². The normalized spacial score (nSPS) is 18.2. The van der Waals surface area contributed by atoms with Gasteiger partial charge < -0.3 is 5.32 Å². The Kier molecular flexibility index (Phi) is 4.48. The first-order valence-electron chi connectivity index (χ1n) is 6.33. The van der Waals surface area contributed by atoms with Gasteiger partial charge in [0.25, 0.3) is 0 Å². The number of nitrogens with one attached hydrogen (secondary N) is 1. The minimum Gasteiger partial charge on any atom is -0.314 e. The minimum atomic E-state index is 0.276. The van der Waals surface area contributed by atoms with Gasteiger partial charge in [-0.3, -0.25) is 4.90 Å². The molecule has 17 heavy (non-hydrogen) atoms. The van der Waals surface area contributed by atoms with E-state index in [-0.39, 0.29) is 4.75 Å². The molecule has 3 heteroatoms. The molecule has 0 bridgehead atoms. The van der Waals surface area contributed by atoms with Crippen molar-refractivity contribution in [2.45, 2.75) is 23.5 Å². The van der Waals surface area contributed by atoms with Crippen molar-refractivity contribution < 1.29 is 0 Å². The zero-order valence-corrected chi connectivity index (χ0v) is 11.6. The van der Waals surface area contributed by atoms with Crippen molar-refractivity contribution in [3.8, 4) is 0 Å². The van der Waals surface area contributed by atoms with Gasteiger partial charge in [0.1, 0.15) is 0 Å². The first-order valence-corrected chi connectivity index (χ1v) is 7.14. The molecule has 0 unspecified atom stereocenters. The molecule has 1 fully saturated rings. The Hall–Kier alpha value is -0.510. The van der Waals surface area contributed by atoms with Gasteiger partial charge in [0, 0.05) is 42.4 Å². The Morgan fingerprint density at radius 3 is 2.47 bits per heavy atom. The predicted molar refractivity (Wildman–Crippen MR) is 75.7 cm³/mol. The predicted octanol–water partition coefficient (Wildman–Crippen LogP) is 2.46. The van der Waals surface area contributed by atoms with E-state index < -0.39 is 0 Å². The fourth-order valence-corrected chi connectivity index (χ4v) is 3.43. The summed E-state index contributed by atoms with van der Waals surface area (Å²) in [6.07, 6.45) is 0. The second-order valence-electron chi connectivity index (χ2n) is 5.20. The third-order valence-electron chi connectivity index (χ3n) is 2.95. The van der Waals surface area contributed by atoms with Crippen LogP contribution in [0, 0.1) is 0 Å². The fraction of sp³-hybridized carbons (Fsp3) is 0.571. The molecule has 0 atom stereocenters. The number of hydrogen-bond acceptors (Lipinski definition) is 3. The molecule has 0 spiro atoms. The van der Waals surface area contributed by atoms with Crippen molar-refractivity contribution in [1.29, 1.82) is 0 Å². The molecule has 94 valence electrons. The molecule has 1 aliphatic rings. The van der Waals surface area contributed by atoms with Crippen LogP contribution in [0.3, 0.4) is 0 Å². The largest absolute Gasteiger partial charge is 0.314 e. The highest BCUT2D eigenvalue weighted by molar-refractivity contribution is 8.00. The van der Waals surface area contributed by atoms with Gasteiger partial charge >= 0.3 is 0 Å². The summed E-state index contributed by atoms with van der Waals surface area (Å²) in [6, 6.07) is 10.7. The summed E-state index contributed by atoms with van der Waals surface area (Å²) >= 11 is 1.98. The van der Waals surface area contributed by atoms with Gasteiger partial charge in [0.15, 0.2) is 0 Å². The maximum absolute atomic E-state index is 3.40. The lowest BCUT2D eigenvalue weighted by Crippen LogP contribution is -2.47. The highest BCUT2D eigenvalue weighted by atomic mass is 32.2. The van der Waals surface area contributed by atoms with Crippen LogP contribution in [0.25, 0.3) is 0 Å². The summed E-state index contributed by atoms with van der Waals surface area (Å²) in [4.78, 5) is 3.93. The molecule has 1 aromatic carbocycles. The second kappa shape index (κ2) is 5.89. The average Bonchev–Trinajstić information content (AvgIpc) is 2.30. The Balaban J connectivity index is 1.89. The van der Waals surface area contributed by atoms with Crippen LogP contribution in [0.2, 0.25) is 0 Å². The van der Waals surface area contributed by atoms with Crippen molar-refractivity contribution in [2.75, 3.05) is 32.7 Å². The van der Waals surface area contributed by atoms with E-state index in [1.165, 1.54) is 18.0 Å². The number of benzene rings is 1. The second-order valence-corrected chi connectivity index (χ2v) is 6.98. The van der Waals surface area contributed by atoms with E-state index in [0.29, 0.717) is 0 Å². The van der Waals surface area contributed by atoms with Crippen molar-refractivity contribution in [2.24, 2.45) is 0 Å². The first kappa shape index (κ1) is 12.9. The number of hydrogen-bond donors (Lipinski definition) is 1. The Morgan fingerprint density at radius 1 is 1.18 bits per heavy atom. The molecule has 2 rings (SSSR count). The molecular formula is C14H22N2S. The van der Waals surface area contributed by atoms with Crippen LogP contribution in [0.15, 0.2) is 35.2 Å².